The molecule has 33 heavy (non-hydrogen) atoms. The first-order valence-corrected chi connectivity index (χ1v) is 12.1. The highest BCUT2D eigenvalue weighted by atomic mass is 32.2. The average molecular weight is 472 g/mol. The number of hydrogen-bond acceptors (Lipinski definition) is 8. The van der Waals surface area contributed by atoms with E-state index in [1.165, 1.54) is 7.11 Å². The van der Waals surface area contributed by atoms with Gasteiger partial charge < -0.3 is 14.5 Å². The van der Waals surface area contributed by atoms with Crippen molar-refractivity contribution in [2.75, 3.05) is 7.11 Å². The molecule has 0 spiro atoms. The third-order valence-corrected chi connectivity index (χ3v) is 7.18. The van der Waals surface area contributed by atoms with Crippen molar-refractivity contribution in [3.05, 3.63) is 60.2 Å². The maximum Gasteiger partial charge on any atom is 0.251 e. The number of sulfonamides is 1. The molecule has 1 atom stereocenters. The minimum absolute atomic E-state index is 0.0739. The maximum absolute atomic E-state index is 12.6. The summed E-state index contributed by atoms with van der Waals surface area (Å²) in [6.45, 7) is 0.337. The van der Waals surface area contributed by atoms with Crippen molar-refractivity contribution in [1.82, 2.24) is 25.2 Å². The highest BCUT2D eigenvalue weighted by Gasteiger charge is 2.38. The smallest absolute Gasteiger partial charge is 0.251 e. The number of benzene rings is 1. The summed E-state index contributed by atoms with van der Waals surface area (Å²) in [6.07, 6.45) is 4.80. The van der Waals surface area contributed by atoms with Crippen molar-refractivity contribution in [2.24, 2.45) is 0 Å². The van der Waals surface area contributed by atoms with Crippen LogP contribution >= 0.6 is 0 Å². The molecule has 1 aromatic carbocycles. The third kappa shape index (κ3) is 5.93. The van der Waals surface area contributed by atoms with Crippen LogP contribution in [-0.4, -0.2) is 41.9 Å². The van der Waals surface area contributed by atoms with Gasteiger partial charge in [0.05, 0.1) is 17.9 Å². The molecule has 4 rings (SSSR count). The molecule has 1 amide bonds. The topological polar surface area (TPSA) is 136 Å². The first-order chi connectivity index (χ1) is 16.0. The zero-order valence-electron chi connectivity index (χ0n) is 18.1. The van der Waals surface area contributed by atoms with E-state index in [1.54, 1.807) is 30.6 Å². The molecular formula is C22H25N5O5S. The van der Waals surface area contributed by atoms with Crippen LogP contribution < -0.4 is 14.8 Å². The van der Waals surface area contributed by atoms with E-state index in [0.29, 0.717) is 30.7 Å². The van der Waals surface area contributed by atoms with Gasteiger partial charge in [-0.2, -0.15) is 0 Å². The SMILES string of the molecule is COc1ccccc1-c1nnc([C@H](CCC(=O)NCc2cccnc2)NS(=O)(=O)C2CC2)o1. The first-order valence-electron chi connectivity index (χ1n) is 10.6. The van der Waals surface area contributed by atoms with Crippen molar-refractivity contribution in [3.63, 3.8) is 0 Å². The summed E-state index contributed by atoms with van der Waals surface area (Å²) >= 11 is 0. The molecule has 0 unspecified atom stereocenters. The molecule has 1 fully saturated rings. The van der Waals surface area contributed by atoms with E-state index >= 15 is 0 Å². The molecule has 2 aromatic heterocycles. The second-order valence-electron chi connectivity index (χ2n) is 7.74. The van der Waals surface area contributed by atoms with Gasteiger partial charge in [0.15, 0.2) is 0 Å². The highest BCUT2D eigenvalue weighted by Crippen LogP contribution is 2.32. The van der Waals surface area contributed by atoms with E-state index in [-0.39, 0.29) is 30.5 Å². The summed E-state index contributed by atoms with van der Waals surface area (Å²) in [5.74, 6) is 0.635. The summed E-state index contributed by atoms with van der Waals surface area (Å²) in [4.78, 5) is 16.4. The van der Waals surface area contributed by atoms with E-state index in [0.717, 1.165) is 5.56 Å². The van der Waals surface area contributed by atoms with Crippen LogP contribution in [0.4, 0.5) is 0 Å². The predicted octanol–water partition coefficient (Wildman–Crippen LogP) is 2.36. The van der Waals surface area contributed by atoms with Gasteiger partial charge in [-0.05, 0) is 43.0 Å². The van der Waals surface area contributed by atoms with Crippen LogP contribution in [0.1, 0.15) is 43.2 Å². The molecule has 0 radical (unpaired) electrons. The van der Waals surface area contributed by atoms with Gasteiger partial charge in [-0.25, -0.2) is 13.1 Å². The fraction of sp³-hybridized carbons (Fsp3) is 0.364. The molecule has 1 saturated carbocycles. The normalized spacial score (nSPS) is 14.6. The molecule has 10 nitrogen and oxygen atoms in total. The Morgan fingerprint density at radius 2 is 2.03 bits per heavy atom. The van der Waals surface area contributed by atoms with Gasteiger partial charge in [-0.1, -0.05) is 18.2 Å². The van der Waals surface area contributed by atoms with E-state index in [9.17, 15) is 13.2 Å². The molecule has 11 heteroatoms. The number of nitrogens with zero attached hydrogens (tertiary/aromatic N) is 3. The third-order valence-electron chi connectivity index (χ3n) is 5.22. The van der Waals surface area contributed by atoms with Crippen molar-refractivity contribution in [1.29, 1.82) is 0 Å². The quantitative estimate of drug-likeness (QED) is 0.435. The number of amides is 1. The molecular weight excluding hydrogens is 446 g/mol. The highest BCUT2D eigenvalue weighted by molar-refractivity contribution is 7.90. The fourth-order valence-corrected chi connectivity index (χ4v) is 4.84. The Morgan fingerprint density at radius 1 is 1.21 bits per heavy atom. The van der Waals surface area contributed by atoms with Gasteiger partial charge in [-0.15, -0.1) is 10.2 Å². The lowest BCUT2D eigenvalue weighted by Gasteiger charge is -2.15. The number of methoxy groups -OCH3 is 1. The number of para-hydroxylation sites is 1. The summed E-state index contributed by atoms with van der Waals surface area (Å²) in [6, 6.07) is 9.98. The number of aromatic nitrogens is 3. The number of ether oxygens (including phenoxy) is 1. The van der Waals surface area contributed by atoms with Gasteiger partial charge in [0.2, 0.25) is 21.8 Å². The van der Waals surface area contributed by atoms with Crippen LogP contribution in [-0.2, 0) is 21.4 Å². The van der Waals surface area contributed by atoms with Crippen LogP contribution in [0.5, 0.6) is 5.75 Å². The van der Waals surface area contributed by atoms with Gasteiger partial charge in [0.1, 0.15) is 11.8 Å². The van der Waals surface area contributed by atoms with Gasteiger partial charge in [0, 0.05) is 25.4 Å². The largest absolute Gasteiger partial charge is 0.496 e. The monoisotopic (exact) mass is 471 g/mol. The molecule has 2 heterocycles. The average Bonchev–Trinajstić information content (AvgIpc) is 3.59. The van der Waals surface area contributed by atoms with Crippen LogP contribution in [0.3, 0.4) is 0 Å². The molecule has 0 aliphatic heterocycles. The van der Waals surface area contributed by atoms with Crippen LogP contribution in [0.15, 0.2) is 53.2 Å². The number of carbonyl (C=O) groups is 1. The molecule has 3 aromatic rings. The number of hydrogen-bond donors (Lipinski definition) is 2. The number of pyridine rings is 1. The molecule has 1 aliphatic rings. The number of carbonyl (C=O) groups excluding carboxylic acids is 1. The Kier molecular flexibility index (Phi) is 6.99. The summed E-state index contributed by atoms with van der Waals surface area (Å²) in [5, 5.41) is 10.5. The molecule has 0 bridgehead atoms. The predicted molar refractivity (Wildman–Crippen MR) is 119 cm³/mol. The standard InChI is InChI=1S/C22H25N5O5S/c1-31-19-7-3-2-6-17(19)21-25-26-22(32-21)18(27-33(29,30)16-8-9-16)10-11-20(28)24-14-15-5-4-12-23-13-15/h2-7,12-13,16,18,27H,8-11,14H2,1H3,(H,24,28)/t18-/m0/s1. The zero-order valence-corrected chi connectivity index (χ0v) is 18.9. The molecule has 2 N–H and O–H groups in total. The Morgan fingerprint density at radius 3 is 2.76 bits per heavy atom. The van der Waals surface area contributed by atoms with E-state index < -0.39 is 21.3 Å². The lowest BCUT2D eigenvalue weighted by atomic mass is 10.1. The van der Waals surface area contributed by atoms with Crippen molar-refractivity contribution in [3.8, 4) is 17.2 Å². The number of rotatable bonds is 11. The van der Waals surface area contributed by atoms with E-state index in [4.69, 9.17) is 9.15 Å². The Labute approximate surface area is 191 Å². The van der Waals surface area contributed by atoms with Gasteiger partial charge in [-0.3, -0.25) is 9.78 Å². The maximum atomic E-state index is 12.6. The Hall–Kier alpha value is -3.31. The number of nitrogens with one attached hydrogen (secondary N) is 2. The van der Waals surface area contributed by atoms with Gasteiger partial charge in [0.25, 0.3) is 5.89 Å². The molecule has 1 aliphatic carbocycles. The second kappa shape index (κ2) is 10.1. The summed E-state index contributed by atoms with van der Waals surface area (Å²) < 4.78 is 39.0. The van der Waals surface area contributed by atoms with Crippen molar-refractivity contribution >= 4 is 15.9 Å². The first kappa shape index (κ1) is 22.9. The van der Waals surface area contributed by atoms with E-state index in [2.05, 4.69) is 25.2 Å². The van der Waals surface area contributed by atoms with Crippen LogP contribution in [0.25, 0.3) is 11.5 Å². The van der Waals surface area contributed by atoms with Crippen LogP contribution in [0.2, 0.25) is 0 Å². The second-order valence-corrected chi connectivity index (χ2v) is 9.73. The molecule has 174 valence electrons. The minimum atomic E-state index is -3.55. The Bertz CT molecular complexity index is 1190. The molecule has 0 saturated heterocycles. The fourth-order valence-electron chi connectivity index (χ4n) is 3.28. The minimum Gasteiger partial charge on any atom is -0.496 e. The van der Waals surface area contributed by atoms with Crippen molar-refractivity contribution in [2.45, 2.75) is 43.5 Å². The zero-order chi connectivity index (χ0) is 23.3. The van der Waals surface area contributed by atoms with Gasteiger partial charge >= 0.3 is 0 Å². The summed E-state index contributed by atoms with van der Waals surface area (Å²) in [7, 11) is -2.01. The lowest BCUT2D eigenvalue weighted by Crippen LogP contribution is -2.33. The van der Waals surface area contributed by atoms with E-state index in [1.807, 2.05) is 18.2 Å². The Balaban J connectivity index is 1.47. The van der Waals surface area contributed by atoms with Crippen molar-refractivity contribution < 1.29 is 22.4 Å². The summed E-state index contributed by atoms with van der Waals surface area (Å²) in [5.41, 5.74) is 1.46. The van der Waals surface area contributed by atoms with Crippen LogP contribution in [0, 0.1) is 0 Å². The lowest BCUT2D eigenvalue weighted by molar-refractivity contribution is -0.121.